The number of methoxy groups -OCH3 is 1. The summed E-state index contributed by atoms with van der Waals surface area (Å²) in [7, 11) is 1.55. The van der Waals surface area contributed by atoms with Gasteiger partial charge in [-0.1, -0.05) is 6.07 Å². The van der Waals surface area contributed by atoms with Crippen molar-refractivity contribution >= 4 is 5.97 Å². The van der Waals surface area contributed by atoms with Crippen LogP contribution in [0.25, 0.3) is 0 Å². The first-order chi connectivity index (χ1) is 15.1. The average molecular weight is 421 g/mol. The first-order valence-corrected chi connectivity index (χ1v) is 10.9. The summed E-state index contributed by atoms with van der Waals surface area (Å²) in [6.45, 7) is 0. The van der Waals surface area contributed by atoms with Gasteiger partial charge in [-0.25, -0.2) is 4.98 Å². The number of pyridine rings is 2. The topological polar surface area (TPSA) is 90.1 Å². The molecule has 0 radical (unpaired) electrons. The van der Waals surface area contributed by atoms with Gasteiger partial charge < -0.3 is 9.84 Å². The molecule has 1 aliphatic carbocycles. The fourth-order valence-electron chi connectivity index (χ4n) is 4.29. The summed E-state index contributed by atoms with van der Waals surface area (Å²) in [5, 5.41) is 13.9. The molecule has 162 valence electrons. The van der Waals surface area contributed by atoms with Crippen molar-refractivity contribution in [2.75, 3.05) is 7.11 Å². The van der Waals surface area contributed by atoms with Gasteiger partial charge in [-0.2, -0.15) is 5.10 Å². The van der Waals surface area contributed by atoms with Crippen molar-refractivity contribution in [1.29, 1.82) is 0 Å². The van der Waals surface area contributed by atoms with E-state index in [9.17, 15) is 9.90 Å². The van der Waals surface area contributed by atoms with Crippen molar-refractivity contribution in [1.82, 2.24) is 19.7 Å². The zero-order valence-electron chi connectivity index (χ0n) is 17.8. The second-order valence-electron chi connectivity index (χ2n) is 7.98. The van der Waals surface area contributed by atoms with E-state index in [-0.39, 0.29) is 6.42 Å². The van der Waals surface area contributed by atoms with Crippen molar-refractivity contribution in [2.45, 2.75) is 57.4 Å². The molecule has 1 atom stereocenters. The maximum absolute atomic E-state index is 11.6. The lowest BCUT2D eigenvalue weighted by atomic mass is 9.95. The SMILES string of the molecule is COc1cc(C(CC(=O)O)n2nccc2CCCc2ccc3c(n2)CCCC3)ccn1. The van der Waals surface area contributed by atoms with Crippen LogP contribution in [0.15, 0.2) is 42.7 Å². The molecule has 1 aliphatic rings. The Kier molecular flexibility index (Phi) is 6.60. The third kappa shape index (κ3) is 5.10. The van der Waals surface area contributed by atoms with Crippen molar-refractivity contribution < 1.29 is 14.6 Å². The number of carboxylic acids is 1. The van der Waals surface area contributed by atoms with E-state index in [0.717, 1.165) is 49.1 Å². The number of hydrogen-bond donors (Lipinski definition) is 1. The number of fused-ring (bicyclic) bond motifs is 1. The smallest absolute Gasteiger partial charge is 0.305 e. The minimum atomic E-state index is -0.875. The molecular weight excluding hydrogens is 392 g/mol. The number of aryl methyl sites for hydroxylation is 4. The predicted octanol–water partition coefficient (Wildman–Crippen LogP) is 3.80. The molecule has 3 heterocycles. The molecule has 4 rings (SSSR count). The number of aliphatic carboxylic acids is 1. The molecule has 0 fully saturated rings. The van der Waals surface area contributed by atoms with Gasteiger partial charge in [0, 0.05) is 35.5 Å². The number of rotatable bonds is 9. The first-order valence-electron chi connectivity index (χ1n) is 10.9. The summed E-state index contributed by atoms with van der Waals surface area (Å²) >= 11 is 0. The summed E-state index contributed by atoms with van der Waals surface area (Å²) < 4.78 is 7.04. The van der Waals surface area contributed by atoms with Crippen LogP contribution in [0.4, 0.5) is 0 Å². The van der Waals surface area contributed by atoms with Crippen LogP contribution in [0.3, 0.4) is 0 Å². The van der Waals surface area contributed by atoms with E-state index in [2.05, 4.69) is 22.2 Å². The van der Waals surface area contributed by atoms with Gasteiger partial charge in [-0.15, -0.1) is 0 Å². The van der Waals surface area contributed by atoms with Crippen molar-refractivity contribution in [3.63, 3.8) is 0 Å². The molecule has 0 amide bonds. The molecule has 1 unspecified atom stereocenters. The molecule has 0 saturated heterocycles. The third-order valence-electron chi connectivity index (χ3n) is 5.87. The molecule has 0 spiro atoms. The maximum atomic E-state index is 11.6. The molecule has 31 heavy (non-hydrogen) atoms. The van der Waals surface area contributed by atoms with Gasteiger partial charge in [0.2, 0.25) is 5.88 Å². The van der Waals surface area contributed by atoms with Gasteiger partial charge in [-0.3, -0.25) is 14.5 Å². The summed E-state index contributed by atoms with van der Waals surface area (Å²) in [5.74, 6) is -0.416. The highest BCUT2D eigenvalue weighted by atomic mass is 16.5. The van der Waals surface area contributed by atoms with Gasteiger partial charge in [0.15, 0.2) is 0 Å². The second kappa shape index (κ2) is 9.73. The Labute approximate surface area is 182 Å². The van der Waals surface area contributed by atoms with E-state index >= 15 is 0 Å². The van der Waals surface area contributed by atoms with Gasteiger partial charge in [0.05, 0.1) is 19.6 Å². The highest BCUT2D eigenvalue weighted by Crippen LogP contribution is 2.26. The molecule has 1 N–H and O–H groups in total. The van der Waals surface area contributed by atoms with E-state index in [4.69, 9.17) is 9.72 Å². The van der Waals surface area contributed by atoms with E-state index in [1.54, 1.807) is 25.6 Å². The van der Waals surface area contributed by atoms with Gasteiger partial charge >= 0.3 is 5.97 Å². The average Bonchev–Trinajstić information content (AvgIpc) is 3.25. The summed E-state index contributed by atoms with van der Waals surface area (Å²) in [6.07, 6.45) is 10.7. The van der Waals surface area contributed by atoms with Crippen molar-refractivity contribution in [3.8, 4) is 5.88 Å². The van der Waals surface area contributed by atoms with Crippen molar-refractivity contribution in [2.24, 2.45) is 0 Å². The van der Waals surface area contributed by atoms with Crippen LogP contribution in [0.5, 0.6) is 5.88 Å². The van der Waals surface area contributed by atoms with E-state index < -0.39 is 12.0 Å². The number of ether oxygens (including phenoxy) is 1. The molecule has 0 aromatic carbocycles. The standard InChI is InChI=1S/C24H28N4O3/c1-31-23-15-18(11-13-25-23)22(16-24(29)30)28-20(12-14-26-28)7-4-6-19-10-9-17-5-2-3-8-21(17)27-19/h9-15,22H,2-8,16H2,1H3,(H,29,30). The molecule has 3 aromatic rings. The summed E-state index contributed by atoms with van der Waals surface area (Å²) in [6, 6.07) is 9.53. The van der Waals surface area contributed by atoms with Crippen LogP contribution in [0.1, 0.15) is 59.9 Å². The van der Waals surface area contributed by atoms with Crippen LogP contribution in [-0.4, -0.2) is 37.9 Å². The van der Waals surface area contributed by atoms with E-state index in [1.165, 1.54) is 24.1 Å². The number of hydrogen-bond acceptors (Lipinski definition) is 5. The number of aromatic nitrogens is 4. The minimum Gasteiger partial charge on any atom is -0.481 e. The highest BCUT2D eigenvalue weighted by molar-refractivity contribution is 5.68. The predicted molar refractivity (Wildman–Crippen MR) is 116 cm³/mol. The lowest BCUT2D eigenvalue weighted by Crippen LogP contribution is -2.19. The number of carbonyl (C=O) groups is 1. The summed E-state index contributed by atoms with van der Waals surface area (Å²) in [5.41, 5.74) is 5.63. The molecule has 0 aliphatic heterocycles. The van der Waals surface area contributed by atoms with Crippen LogP contribution >= 0.6 is 0 Å². The number of carboxylic acid groups (broad SMARTS) is 1. The Balaban J connectivity index is 1.48. The lowest BCUT2D eigenvalue weighted by Gasteiger charge is -2.19. The fourth-order valence-corrected chi connectivity index (χ4v) is 4.29. The van der Waals surface area contributed by atoms with Crippen LogP contribution < -0.4 is 4.74 Å². The van der Waals surface area contributed by atoms with Gasteiger partial charge in [0.1, 0.15) is 0 Å². The molecule has 0 bridgehead atoms. The first kappa shape index (κ1) is 21.0. The minimum absolute atomic E-state index is 0.0613. The Morgan fingerprint density at radius 2 is 2.03 bits per heavy atom. The zero-order valence-corrected chi connectivity index (χ0v) is 17.8. The Morgan fingerprint density at radius 3 is 2.87 bits per heavy atom. The zero-order chi connectivity index (χ0) is 21.6. The largest absolute Gasteiger partial charge is 0.481 e. The third-order valence-corrected chi connectivity index (χ3v) is 5.87. The van der Waals surface area contributed by atoms with Crippen LogP contribution in [0.2, 0.25) is 0 Å². The van der Waals surface area contributed by atoms with E-state index in [1.807, 2.05) is 16.8 Å². The molecule has 0 saturated carbocycles. The Bertz CT molecular complexity index is 1050. The lowest BCUT2D eigenvalue weighted by molar-refractivity contribution is -0.137. The summed E-state index contributed by atoms with van der Waals surface area (Å²) in [4.78, 5) is 20.6. The van der Waals surface area contributed by atoms with Gasteiger partial charge in [-0.05, 0) is 74.3 Å². The van der Waals surface area contributed by atoms with Crippen molar-refractivity contribution in [3.05, 3.63) is 70.9 Å². The monoisotopic (exact) mass is 420 g/mol. The fraction of sp³-hybridized carbons (Fsp3) is 0.417. The van der Waals surface area contributed by atoms with E-state index in [0.29, 0.717) is 5.88 Å². The second-order valence-corrected chi connectivity index (χ2v) is 7.98. The number of nitrogens with zero attached hydrogens (tertiary/aromatic N) is 4. The molecule has 7 nitrogen and oxygen atoms in total. The molecular formula is C24H28N4O3. The Morgan fingerprint density at radius 1 is 1.16 bits per heavy atom. The molecule has 3 aromatic heterocycles. The van der Waals surface area contributed by atoms with Gasteiger partial charge in [0.25, 0.3) is 0 Å². The Hall–Kier alpha value is -3.22. The van der Waals surface area contributed by atoms with Crippen LogP contribution in [0, 0.1) is 0 Å². The maximum Gasteiger partial charge on any atom is 0.305 e. The van der Waals surface area contributed by atoms with Crippen LogP contribution in [-0.2, 0) is 30.5 Å². The molecule has 7 heteroatoms. The quantitative estimate of drug-likeness (QED) is 0.566. The highest BCUT2D eigenvalue weighted by Gasteiger charge is 2.21. The normalized spacial score (nSPS) is 14.1.